The molecule has 0 spiro atoms. The summed E-state index contributed by atoms with van der Waals surface area (Å²) >= 11 is 0. The second-order valence-electron chi connectivity index (χ2n) is 3.70. The van der Waals surface area contributed by atoms with E-state index in [4.69, 9.17) is 0 Å². The molecular weight excluding hydrogens is 166 g/mol. The lowest BCUT2D eigenvalue weighted by atomic mass is 10.2. The molecular formula is C10H17NO2. The Labute approximate surface area is 79.0 Å². The second kappa shape index (κ2) is 4.42. The Morgan fingerprint density at radius 2 is 2.31 bits per heavy atom. The average Bonchev–Trinajstić information content (AvgIpc) is 2.47. The van der Waals surface area contributed by atoms with Crippen molar-refractivity contribution in [1.82, 2.24) is 4.90 Å². The Morgan fingerprint density at radius 3 is 2.77 bits per heavy atom. The second-order valence-corrected chi connectivity index (χ2v) is 3.70. The molecule has 3 heteroatoms. The Morgan fingerprint density at radius 1 is 1.62 bits per heavy atom. The van der Waals surface area contributed by atoms with Crippen LogP contribution in [0, 0.1) is 0 Å². The molecule has 1 unspecified atom stereocenters. The molecule has 3 nitrogen and oxygen atoms in total. The zero-order chi connectivity index (χ0) is 9.84. The standard InChI is InChI=1S/C10H17NO2/c1-8(2)5-6-10(13)11-7-3-4-9(11)12/h5,9,12H,3-4,6-7H2,1-2H3. The van der Waals surface area contributed by atoms with Crippen LogP contribution in [0.15, 0.2) is 11.6 Å². The summed E-state index contributed by atoms with van der Waals surface area (Å²) in [6.45, 7) is 4.64. The minimum atomic E-state index is -0.543. The van der Waals surface area contributed by atoms with Gasteiger partial charge in [0.1, 0.15) is 6.23 Å². The van der Waals surface area contributed by atoms with Gasteiger partial charge in [0.2, 0.25) is 5.91 Å². The van der Waals surface area contributed by atoms with Crippen molar-refractivity contribution in [2.24, 2.45) is 0 Å². The maximum atomic E-state index is 11.5. The van der Waals surface area contributed by atoms with Crippen LogP contribution in [-0.2, 0) is 4.79 Å². The van der Waals surface area contributed by atoms with Crippen molar-refractivity contribution in [1.29, 1.82) is 0 Å². The molecule has 0 bridgehead atoms. The summed E-state index contributed by atoms with van der Waals surface area (Å²) < 4.78 is 0. The van der Waals surface area contributed by atoms with E-state index in [0.29, 0.717) is 13.0 Å². The first-order chi connectivity index (χ1) is 6.11. The molecule has 0 saturated carbocycles. The highest BCUT2D eigenvalue weighted by Crippen LogP contribution is 2.15. The van der Waals surface area contributed by atoms with Gasteiger partial charge in [-0.2, -0.15) is 0 Å². The van der Waals surface area contributed by atoms with Crippen LogP contribution >= 0.6 is 0 Å². The summed E-state index contributed by atoms with van der Waals surface area (Å²) in [5.41, 5.74) is 1.14. The van der Waals surface area contributed by atoms with Crippen LogP contribution in [-0.4, -0.2) is 28.7 Å². The molecule has 1 fully saturated rings. The largest absolute Gasteiger partial charge is 0.374 e. The first-order valence-electron chi connectivity index (χ1n) is 4.72. The molecule has 1 amide bonds. The van der Waals surface area contributed by atoms with E-state index in [1.807, 2.05) is 19.9 Å². The van der Waals surface area contributed by atoms with Crippen molar-refractivity contribution in [2.45, 2.75) is 39.3 Å². The van der Waals surface area contributed by atoms with Crippen LogP contribution in [0.5, 0.6) is 0 Å². The summed E-state index contributed by atoms with van der Waals surface area (Å²) in [5, 5.41) is 9.41. The van der Waals surface area contributed by atoms with Gasteiger partial charge < -0.3 is 10.0 Å². The number of carbonyl (C=O) groups is 1. The van der Waals surface area contributed by atoms with Gasteiger partial charge >= 0.3 is 0 Å². The van der Waals surface area contributed by atoms with Crippen LogP contribution in [0.3, 0.4) is 0 Å². The van der Waals surface area contributed by atoms with E-state index in [2.05, 4.69) is 0 Å². The van der Waals surface area contributed by atoms with Gasteiger partial charge in [0, 0.05) is 13.0 Å². The molecule has 0 aromatic rings. The molecule has 1 saturated heterocycles. The molecule has 0 aliphatic carbocycles. The maximum absolute atomic E-state index is 11.5. The highest BCUT2D eigenvalue weighted by Gasteiger charge is 2.25. The molecule has 1 N–H and O–H groups in total. The SMILES string of the molecule is CC(C)=CCC(=O)N1CCCC1O. The maximum Gasteiger partial charge on any atom is 0.228 e. The number of carbonyl (C=O) groups excluding carboxylic acids is 1. The number of allylic oxidation sites excluding steroid dienone is 1. The van der Waals surface area contributed by atoms with Gasteiger partial charge in [-0.15, -0.1) is 0 Å². The van der Waals surface area contributed by atoms with E-state index in [1.165, 1.54) is 0 Å². The summed E-state index contributed by atoms with van der Waals surface area (Å²) in [4.78, 5) is 13.0. The first kappa shape index (κ1) is 10.3. The van der Waals surface area contributed by atoms with E-state index in [9.17, 15) is 9.90 Å². The highest BCUT2D eigenvalue weighted by atomic mass is 16.3. The van der Waals surface area contributed by atoms with Crippen LogP contribution < -0.4 is 0 Å². The molecule has 1 atom stereocenters. The molecule has 74 valence electrons. The number of hydrogen-bond donors (Lipinski definition) is 1. The zero-order valence-corrected chi connectivity index (χ0v) is 8.29. The van der Waals surface area contributed by atoms with E-state index >= 15 is 0 Å². The van der Waals surface area contributed by atoms with Crippen molar-refractivity contribution in [3.8, 4) is 0 Å². The number of nitrogens with zero attached hydrogens (tertiary/aromatic N) is 1. The number of amides is 1. The Kier molecular flexibility index (Phi) is 3.48. The zero-order valence-electron chi connectivity index (χ0n) is 8.29. The fraction of sp³-hybridized carbons (Fsp3) is 0.700. The minimum absolute atomic E-state index is 0.0335. The Hall–Kier alpha value is -0.830. The third-order valence-corrected chi connectivity index (χ3v) is 2.23. The molecule has 0 aromatic heterocycles. The number of aliphatic hydroxyl groups excluding tert-OH is 1. The van der Waals surface area contributed by atoms with Gasteiger partial charge in [-0.3, -0.25) is 4.79 Å². The van der Waals surface area contributed by atoms with Crippen LogP contribution in [0.2, 0.25) is 0 Å². The fourth-order valence-corrected chi connectivity index (χ4v) is 1.45. The van der Waals surface area contributed by atoms with Crippen molar-refractivity contribution >= 4 is 5.91 Å². The Balaban J connectivity index is 2.43. The van der Waals surface area contributed by atoms with Gasteiger partial charge in [0.05, 0.1) is 0 Å². The normalized spacial score (nSPS) is 21.8. The Bertz CT molecular complexity index is 219. The van der Waals surface area contributed by atoms with Crippen LogP contribution in [0.4, 0.5) is 0 Å². The molecule has 1 rings (SSSR count). The predicted molar refractivity (Wildman–Crippen MR) is 51.0 cm³/mol. The highest BCUT2D eigenvalue weighted by molar-refractivity contribution is 5.78. The topological polar surface area (TPSA) is 40.5 Å². The lowest BCUT2D eigenvalue weighted by molar-refractivity contribution is -0.136. The number of likely N-dealkylation sites (tertiary alicyclic amines) is 1. The summed E-state index contributed by atoms with van der Waals surface area (Å²) in [7, 11) is 0. The predicted octanol–water partition coefficient (Wildman–Crippen LogP) is 1.28. The number of aliphatic hydroxyl groups is 1. The van der Waals surface area contributed by atoms with Gasteiger partial charge in [-0.25, -0.2) is 0 Å². The third kappa shape index (κ3) is 2.84. The molecule has 1 aliphatic rings. The van der Waals surface area contributed by atoms with Crippen molar-refractivity contribution in [3.05, 3.63) is 11.6 Å². The molecule has 1 heterocycles. The van der Waals surface area contributed by atoms with E-state index in [1.54, 1.807) is 4.90 Å². The monoisotopic (exact) mass is 183 g/mol. The number of hydrogen-bond acceptors (Lipinski definition) is 2. The van der Waals surface area contributed by atoms with Crippen molar-refractivity contribution in [3.63, 3.8) is 0 Å². The smallest absolute Gasteiger partial charge is 0.228 e. The first-order valence-corrected chi connectivity index (χ1v) is 4.72. The lowest BCUT2D eigenvalue weighted by Gasteiger charge is -2.19. The average molecular weight is 183 g/mol. The number of rotatable bonds is 2. The molecule has 1 aliphatic heterocycles. The van der Waals surface area contributed by atoms with E-state index in [-0.39, 0.29) is 5.91 Å². The van der Waals surface area contributed by atoms with Crippen LogP contribution in [0.25, 0.3) is 0 Å². The summed E-state index contributed by atoms with van der Waals surface area (Å²) in [6.07, 6.45) is 3.41. The quantitative estimate of drug-likeness (QED) is 0.655. The lowest BCUT2D eigenvalue weighted by Crippen LogP contribution is -2.34. The van der Waals surface area contributed by atoms with Crippen molar-refractivity contribution in [2.75, 3.05) is 6.54 Å². The fourth-order valence-electron chi connectivity index (χ4n) is 1.45. The van der Waals surface area contributed by atoms with Gasteiger partial charge in [0.25, 0.3) is 0 Å². The molecule has 0 aromatic carbocycles. The minimum Gasteiger partial charge on any atom is -0.374 e. The summed E-state index contributed by atoms with van der Waals surface area (Å²) in [5.74, 6) is 0.0335. The molecule has 13 heavy (non-hydrogen) atoms. The van der Waals surface area contributed by atoms with Gasteiger partial charge in [-0.1, -0.05) is 11.6 Å². The molecule has 0 radical (unpaired) electrons. The summed E-state index contributed by atoms with van der Waals surface area (Å²) in [6, 6.07) is 0. The van der Waals surface area contributed by atoms with Crippen LogP contribution in [0.1, 0.15) is 33.1 Å². The van der Waals surface area contributed by atoms with Gasteiger partial charge in [-0.05, 0) is 26.7 Å². The van der Waals surface area contributed by atoms with E-state index in [0.717, 1.165) is 18.4 Å². The van der Waals surface area contributed by atoms with Gasteiger partial charge in [0.15, 0.2) is 0 Å². The van der Waals surface area contributed by atoms with Crippen molar-refractivity contribution < 1.29 is 9.90 Å². The van der Waals surface area contributed by atoms with E-state index < -0.39 is 6.23 Å². The third-order valence-electron chi connectivity index (χ3n) is 2.23.